The predicted octanol–water partition coefficient (Wildman–Crippen LogP) is 5.40. The second-order valence-corrected chi connectivity index (χ2v) is 8.81. The van der Waals surface area contributed by atoms with E-state index in [0.29, 0.717) is 6.04 Å². The van der Waals surface area contributed by atoms with Crippen LogP contribution < -0.4 is 5.32 Å². The molecule has 3 aromatic carbocycles. The van der Waals surface area contributed by atoms with Crippen LogP contribution in [0.1, 0.15) is 24.0 Å². The standard InChI is InChI=1S/C28H32N4/c1-3-9-23(10-4-1)15-19-31-20-17-25(18-21-31)29-28-30-26-13-7-8-14-27(26)32(28)22-16-24-11-5-2-6-12-24/h1-14,25H,15-22H2,(H,29,30). The minimum absolute atomic E-state index is 0.482. The molecule has 0 unspecified atom stereocenters. The summed E-state index contributed by atoms with van der Waals surface area (Å²) in [5, 5.41) is 3.79. The molecule has 1 saturated heterocycles. The SMILES string of the molecule is c1ccc(CCN2CCC(Nc3nc4ccccc4n3CCc3ccccc3)CC2)cc1. The van der Waals surface area contributed by atoms with Gasteiger partial charge in [-0.25, -0.2) is 4.98 Å². The molecule has 0 saturated carbocycles. The number of fused-ring (bicyclic) bond motifs is 1. The number of anilines is 1. The number of rotatable bonds is 8. The number of para-hydroxylation sites is 2. The third-order valence-electron chi connectivity index (χ3n) is 6.60. The second kappa shape index (κ2) is 10.0. The van der Waals surface area contributed by atoms with E-state index in [0.717, 1.165) is 63.3 Å². The zero-order valence-electron chi connectivity index (χ0n) is 18.7. The number of likely N-dealkylation sites (tertiary alicyclic amines) is 1. The van der Waals surface area contributed by atoms with E-state index < -0.39 is 0 Å². The monoisotopic (exact) mass is 424 g/mol. The van der Waals surface area contributed by atoms with Crippen molar-refractivity contribution in [2.24, 2.45) is 0 Å². The van der Waals surface area contributed by atoms with Crippen LogP contribution >= 0.6 is 0 Å². The molecule has 0 bridgehead atoms. The van der Waals surface area contributed by atoms with Crippen molar-refractivity contribution in [1.29, 1.82) is 0 Å². The van der Waals surface area contributed by atoms with Crippen LogP contribution in [0.3, 0.4) is 0 Å². The Labute approximate surface area is 190 Å². The van der Waals surface area contributed by atoms with Gasteiger partial charge in [-0.2, -0.15) is 0 Å². The number of benzene rings is 3. The van der Waals surface area contributed by atoms with Crippen molar-refractivity contribution >= 4 is 17.0 Å². The van der Waals surface area contributed by atoms with Crippen LogP contribution in [0.2, 0.25) is 0 Å². The average molecular weight is 425 g/mol. The first-order chi connectivity index (χ1) is 15.8. The lowest BCUT2D eigenvalue weighted by atomic mass is 10.0. The van der Waals surface area contributed by atoms with Crippen LogP contribution in [0.15, 0.2) is 84.9 Å². The van der Waals surface area contributed by atoms with Crippen molar-refractivity contribution in [2.75, 3.05) is 25.0 Å². The van der Waals surface area contributed by atoms with Crippen molar-refractivity contribution in [3.63, 3.8) is 0 Å². The van der Waals surface area contributed by atoms with Gasteiger partial charge in [-0.05, 0) is 48.9 Å². The number of hydrogen-bond donors (Lipinski definition) is 1. The topological polar surface area (TPSA) is 33.1 Å². The summed E-state index contributed by atoms with van der Waals surface area (Å²) < 4.78 is 2.37. The van der Waals surface area contributed by atoms with Crippen molar-refractivity contribution in [2.45, 2.75) is 38.3 Å². The molecule has 0 amide bonds. The van der Waals surface area contributed by atoms with Gasteiger partial charge in [-0.3, -0.25) is 0 Å². The number of nitrogens with zero attached hydrogens (tertiary/aromatic N) is 3. The largest absolute Gasteiger partial charge is 0.353 e. The number of aromatic nitrogens is 2. The maximum Gasteiger partial charge on any atom is 0.204 e. The fourth-order valence-corrected chi connectivity index (χ4v) is 4.71. The number of piperidine rings is 1. The lowest BCUT2D eigenvalue weighted by Gasteiger charge is -2.32. The number of hydrogen-bond acceptors (Lipinski definition) is 3. The van der Waals surface area contributed by atoms with Gasteiger partial charge in [0.15, 0.2) is 0 Å². The molecule has 32 heavy (non-hydrogen) atoms. The molecule has 0 aliphatic carbocycles. The van der Waals surface area contributed by atoms with Crippen LogP contribution in [0.25, 0.3) is 11.0 Å². The van der Waals surface area contributed by atoms with Crippen molar-refractivity contribution in [1.82, 2.24) is 14.5 Å². The molecule has 164 valence electrons. The van der Waals surface area contributed by atoms with Gasteiger partial charge < -0.3 is 14.8 Å². The van der Waals surface area contributed by atoms with Crippen LogP contribution in [-0.2, 0) is 19.4 Å². The average Bonchev–Trinajstić information content (AvgIpc) is 3.20. The summed E-state index contributed by atoms with van der Waals surface area (Å²) in [6.07, 6.45) is 4.47. The van der Waals surface area contributed by atoms with E-state index in [1.165, 1.54) is 16.6 Å². The molecule has 1 N–H and O–H groups in total. The lowest BCUT2D eigenvalue weighted by molar-refractivity contribution is 0.221. The third-order valence-corrected chi connectivity index (χ3v) is 6.60. The molecule has 5 rings (SSSR count). The summed E-state index contributed by atoms with van der Waals surface area (Å²) in [4.78, 5) is 7.55. The van der Waals surface area contributed by atoms with E-state index in [1.54, 1.807) is 0 Å². The maximum absolute atomic E-state index is 4.95. The van der Waals surface area contributed by atoms with Gasteiger partial charge in [-0.1, -0.05) is 72.8 Å². The minimum Gasteiger partial charge on any atom is -0.353 e. The molecule has 4 heteroatoms. The van der Waals surface area contributed by atoms with Crippen molar-refractivity contribution < 1.29 is 0 Å². The molecule has 0 atom stereocenters. The Hall–Kier alpha value is -3.11. The van der Waals surface area contributed by atoms with E-state index in [-0.39, 0.29) is 0 Å². The van der Waals surface area contributed by atoms with Gasteiger partial charge in [0.1, 0.15) is 0 Å². The van der Waals surface area contributed by atoms with Gasteiger partial charge in [0.05, 0.1) is 11.0 Å². The second-order valence-electron chi connectivity index (χ2n) is 8.81. The van der Waals surface area contributed by atoms with Crippen LogP contribution in [-0.4, -0.2) is 40.1 Å². The summed E-state index contributed by atoms with van der Waals surface area (Å²) in [7, 11) is 0. The molecule has 1 fully saturated rings. The zero-order valence-corrected chi connectivity index (χ0v) is 18.7. The first kappa shape index (κ1) is 20.8. The van der Waals surface area contributed by atoms with E-state index in [1.807, 2.05) is 0 Å². The summed E-state index contributed by atoms with van der Waals surface area (Å²) in [6.45, 7) is 4.37. The molecule has 0 radical (unpaired) electrons. The molecule has 4 aromatic rings. The highest BCUT2D eigenvalue weighted by Gasteiger charge is 2.21. The van der Waals surface area contributed by atoms with Gasteiger partial charge >= 0.3 is 0 Å². The number of aryl methyl sites for hydroxylation is 2. The summed E-state index contributed by atoms with van der Waals surface area (Å²) in [6, 6.07) is 30.5. The fraction of sp³-hybridized carbons (Fsp3) is 0.321. The van der Waals surface area contributed by atoms with Crippen LogP contribution in [0.5, 0.6) is 0 Å². The molecular weight excluding hydrogens is 392 g/mol. The highest BCUT2D eigenvalue weighted by molar-refractivity contribution is 5.78. The Kier molecular flexibility index (Phi) is 6.50. The smallest absolute Gasteiger partial charge is 0.204 e. The third kappa shape index (κ3) is 5.03. The van der Waals surface area contributed by atoms with Gasteiger partial charge in [0.25, 0.3) is 0 Å². The Morgan fingerprint density at radius 1 is 0.719 bits per heavy atom. The molecular formula is C28H32N4. The van der Waals surface area contributed by atoms with Gasteiger partial charge in [-0.15, -0.1) is 0 Å². The summed E-state index contributed by atoms with van der Waals surface area (Å²) in [5.74, 6) is 1.02. The van der Waals surface area contributed by atoms with Crippen molar-refractivity contribution in [3.05, 3.63) is 96.1 Å². The summed E-state index contributed by atoms with van der Waals surface area (Å²) >= 11 is 0. The maximum atomic E-state index is 4.95. The Balaban J connectivity index is 1.21. The first-order valence-electron chi connectivity index (χ1n) is 11.9. The van der Waals surface area contributed by atoms with Gasteiger partial charge in [0, 0.05) is 32.2 Å². The van der Waals surface area contributed by atoms with Crippen LogP contribution in [0.4, 0.5) is 5.95 Å². The van der Waals surface area contributed by atoms with Crippen molar-refractivity contribution in [3.8, 4) is 0 Å². The Bertz CT molecular complexity index is 1110. The molecule has 0 spiro atoms. The minimum atomic E-state index is 0.482. The van der Waals surface area contributed by atoms with E-state index in [2.05, 4.69) is 99.7 Å². The molecule has 2 heterocycles. The van der Waals surface area contributed by atoms with E-state index >= 15 is 0 Å². The number of imidazole rings is 1. The lowest BCUT2D eigenvalue weighted by Crippen LogP contribution is -2.40. The predicted molar refractivity (Wildman–Crippen MR) is 133 cm³/mol. The Morgan fingerprint density at radius 3 is 2.00 bits per heavy atom. The zero-order chi connectivity index (χ0) is 21.6. The quantitative estimate of drug-likeness (QED) is 0.411. The number of nitrogens with one attached hydrogen (secondary N) is 1. The normalized spacial score (nSPS) is 15.2. The first-order valence-corrected chi connectivity index (χ1v) is 11.9. The molecule has 4 nitrogen and oxygen atoms in total. The molecule has 1 aliphatic heterocycles. The van der Waals surface area contributed by atoms with Gasteiger partial charge in [0.2, 0.25) is 5.95 Å². The fourth-order valence-electron chi connectivity index (χ4n) is 4.71. The van der Waals surface area contributed by atoms with Crippen LogP contribution in [0, 0.1) is 0 Å². The summed E-state index contributed by atoms with van der Waals surface area (Å²) in [5.41, 5.74) is 5.08. The highest BCUT2D eigenvalue weighted by Crippen LogP contribution is 2.23. The highest BCUT2D eigenvalue weighted by atomic mass is 15.2. The molecule has 1 aliphatic rings. The van der Waals surface area contributed by atoms with E-state index in [4.69, 9.17) is 4.98 Å². The Morgan fingerprint density at radius 2 is 1.31 bits per heavy atom. The van der Waals surface area contributed by atoms with E-state index in [9.17, 15) is 0 Å². The molecule has 1 aromatic heterocycles.